The van der Waals surface area contributed by atoms with Crippen molar-refractivity contribution >= 4 is 16.5 Å². The molecule has 1 aromatic rings. The van der Waals surface area contributed by atoms with Gasteiger partial charge in [0.05, 0.1) is 24.9 Å². The van der Waals surface area contributed by atoms with Gasteiger partial charge in [-0.2, -0.15) is 0 Å². The van der Waals surface area contributed by atoms with E-state index in [4.69, 9.17) is 20.2 Å². The molecule has 0 aliphatic heterocycles. The van der Waals surface area contributed by atoms with E-state index in [1.807, 2.05) is 0 Å². The minimum absolute atomic E-state index is 0.277. The molecule has 1 fully saturated rings. The first-order chi connectivity index (χ1) is 9.71. The summed E-state index contributed by atoms with van der Waals surface area (Å²) in [6.45, 7) is 4.92. The summed E-state index contributed by atoms with van der Waals surface area (Å²) in [7, 11) is 3.45. The Bertz CT molecular complexity index is 421. The summed E-state index contributed by atoms with van der Waals surface area (Å²) in [4.78, 5) is 8.35. The van der Waals surface area contributed by atoms with Crippen molar-refractivity contribution in [1.82, 2.24) is 4.98 Å². The fourth-order valence-corrected chi connectivity index (χ4v) is 3.47. The second kappa shape index (κ2) is 7.36. The van der Waals surface area contributed by atoms with Gasteiger partial charge in [0.2, 0.25) is 0 Å². The maximum absolute atomic E-state index is 5.87. The number of nitrogens with two attached hydrogens (primary N) is 1. The number of aromatic nitrogens is 1. The normalized spacial score (nSPS) is 16.4. The predicted octanol–water partition coefficient (Wildman–Crippen LogP) is 1.97. The summed E-state index contributed by atoms with van der Waals surface area (Å²) in [6, 6.07) is 0.277. The molecular weight excluding hydrogens is 274 g/mol. The number of rotatable bonds is 9. The van der Waals surface area contributed by atoms with E-state index in [0.29, 0.717) is 25.7 Å². The molecule has 0 radical (unpaired) electrons. The van der Waals surface area contributed by atoms with Crippen LogP contribution in [-0.4, -0.2) is 45.0 Å². The number of anilines is 1. The highest BCUT2D eigenvalue weighted by atomic mass is 32.1. The van der Waals surface area contributed by atoms with E-state index in [1.54, 1.807) is 25.6 Å². The number of methoxy groups -OCH3 is 2. The minimum Gasteiger partial charge on any atom is -0.383 e. The van der Waals surface area contributed by atoms with Gasteiger partial charge in [0.1, 0.15) is 0 Å². The molecule has 2 N–H and O–H groups in total. The second-order valence-corrected chi connectivity index (χ2v) is 6.34. The van der Waals surface area contributed by atoms with Crippen LogP contribution in [0.25, 0.3) is 0 Å². The fourth-order valence-electron chi connectivity index (χ4n) is 2.32. The lowest BCUT2D eigenvalue weighted by Gasteiger charge is -2.28. The van der Waals surface area contributed by atoms with Gasteiger partial charge in [-0.15, -0.1) is 11.3 Å². The second-order valence-electron chi connectivity index (χ2n) is 5.27. The Hall–Kier alpha value is -0.690. The molecule has 1 atom stereocenters. The lowest BCUT2D eigenvalue weighted by molar-refractivity contribution is 0.171. The number of hydrogen-bond donors (Lipinski definition) is 1. The van der Waals surface area contributed by atoms with Crippen LogP contribution in [0.15, 0.2) is 0 Å². The van der Waals surface area contributed by atoms with Gasteiger partial charge in [0.25, 0.3) is 0 Å². The summed E-state index contributed by atoms with van der Waals surface area (Å²) in [5.74, 6) is 0.639. The third-order valence-corrected chi connectivity index (χ3v) is 4.72. The van der Waals surface area contributed by atoms with E-state index in [1.165, 1.54) is 23.4 Å². The highest BCUT2D eigenvalue weighted by Gasteiger charge is 2.30. The summed E-state index contributed by atoms with van der Waals surface area (Å²) >= 11 is 1.72. The lowest BCUT2D eigenvalue weighted by Crippen LogP contribution is -2.38. The largest absolute Gasteiger partial charge is 0.383 e. The van der Waals surface area contributed by atoms with Crippen molar-refractivity contribution in [1.29, 1.82) is 0 Å². The van der Waals surface area contributed by atoms with E-state index >= 15 is 0 Å². The van der Waals surface area contributed by atoms with Crippen molar-refractivity contribution in [2.75, 3.05) is 38.9 Å². The summed E-state index contributed by atoms with van der Waals surface area (Å²) < 4.78 is 10.5. The first-order valence-electron chi connectivity index (χ1n) is 7.15. The zero-order valence-electron chi connectivity index (χ0n) is 12.6. The van der Waals surface area contributed by atoms with E-state index in [-0.39, 0.29) is 6.04 Å². The molecule has 5 nitrogen and oxygen atoms in total. The Labute approximate surface area is 125 Å². The van der Waals surface area contributed by atoms with Gasteiger partial charge in [-0.25, -0.2) is 4.98 Å². The van der Waals surface area contributed by atoms with E-state index in [2.05, 4.69) is 11.8 Å². The maximum atomic E-state index is 5.87. The van der Waals surface area contributed by atoms with E-state index < -0.39 is 0 Å². The monoisotopic (exact) mass is 299 g/mol. The van der Waals surface area contributed by atoms with Crippen molar-refractivity contribution in [3.63, 3.8) is 0 Å². The van der Waals surface area contributed by atoms with Crippen LogP contribution in [0.5, 0.6) is 0 Å². The topological polar surface area (TPSA) is 60.6 Å². The van der Waals surface area contributed by atoms with Crippen LogP contribution in [0, 0.1) is 0 Å². The first-order valence-corrected chi connectivity index (χ1v) is 7.97. The summed E-state index contributed by atoms with van der Waals surface area (Å²) in [6.07, 6.45) is 2.50. The maximum Gasteiger partial charge on any atom is 0.186 e. The van der Waals surface area contributed by atoms with Crippen LogP contribution in [0.4, 0.5) is 5.13 Å². The van der Waals surface area contributed by atoms with Gasteiger partial charge < -0.3 is 20.1 Å². The third kappa shape index (κ3) is 3.69. The molecule has 1 unspecified atom stereocenters. The fraction of sp³-hybridized carbons (Fsp3) is 0.786. The molecular formula is C14H25N3O2S. The first kappa shape index (κ1) is 15.7. The van der Waals surface area contributed by atoms with Crippen LogP contribution in [0.2, 0.25) is 0 Å². The van der Waals surface area contributed by atoms with Gasteiger partial charge in [0.15, 0.2) is 5.13 Å². The molecule has 0 amide bonds. The standard InChI is InChI=1S/C14H25N3O2S/c1-10(9-19-3)17(6-7-18-2)14-16-13(11-4-5-11)12(8-15)20-14/h10-11H,4-9,15H2,1-3H3. The average molecular weight is 299 g/mol. The Morgan fingerprint density at radius 3 is 2.70 bits per heavy atom. The Morgan fingerprint density at radius 1 is 1.40 bits per heavy atom. The molecule has 114 valence electrons. The van der Waals surface area contributed by atoms with Crippen LogP contribution in [-0.2, 0) is 16.0 Å². The van der Waals surface area contributed by atoms with Gasteiger partial charge >= 0.3 is 0 Å². The smallest absolute Gasteiger partial charge is 0.186 e. The molecule has 0 spiro atoms. The molecule has 0 bridgehead atoms. The molecule has 1 aromatic heterocycles. The van der Waals surface area contributed by atoms with Crippen molar-refractivity contribution < 1.29 is 9.47 Å². The van der Waals surface area contributed by atoms with Gasteiger partial charge in [-0.3, -0.25) is 0 Å². The van der Waals surface area contributed by atoms with Gasteiger partial charge in [0, 0.05) is 38.1 Å². The van der Waals surface area contributed by atoms with E-state index in [9.17, 15) is 0 Å². The Kier molecular flexibility index (Phi) is 5.77. The zero-order valence-corrected chi connectivity index (χ0v) is 13.4. The van der Waals surface area contributed by atoms with Crippen LogP contribution >= 0.6 is 11.3 Å². The predicted molar refractivity (Wildman–Crippen MR) is 82.5 cm³/mol. The molecule has 2 rings (SSSR count). The lowest BCUT2D eigenvalue weighted by atomic mass is 10.2. The molecule has 20 heavy (non-hydrogen) atoms. The third-order valence-electron chi connectivity index (χ3n) is 3.59. The Morgan fingerprint density at radius 2 is 2.15 bits per heavy atom. The molecule has 6 heteroatoms. The quantitative estimate of drug-likeness (QED) is 0.755. The van der Waals surface area contributed by atoms with Crippen molar-refractivity contribution in [2.24, 2.45) is 5.73 Å². The average Bonchev–Trinajstić information content (AvgIpc) is 3.20. The SMILES string of the molecule is COCCN(c1nc(C2CC2)c(CN)s1)C(C)COC. The van der Waals surface area contributed by atoms with Crippen LogP contribution in [0.3, 0.4) is 0 Å². The molecule has 1 heterocycles. The molecule has 1 saturated carbocycles. The Balaban J connectivity index is 2.18. The number of hydrogen-bond acceptors (Lipinski definition) is 6. The summed E-state index contributed by atoms with van der Waals surface area (Å²) in [5, 5.41) is 1.05. The number of thiazole rings is 1. The van der Waals surface area contributed by atoms with Gasteiger partial charge in [-0.1, -0.05) is 0 Å². The van der Waals surface area contributed by atoms with Crippen molar-refractivity contribution in [3.8, 4) is 0 Å². The highest BCUT2D eigenvalue weighted by molar-refractivity contribution is 7.15. The number of nitrogens with zero attached hydrogens (tertiary/aromatic N) is 2. The highest BCUT2D eigenvalue weighted by Crippen LogP contribution is 2.44. The minimum atomic E-state index is 0.277. The van der Waals surface area contributed by atoms with Crippen molar-refractivity contribution in [3.05, 3.63) is 10.6 Å². The molecule has 0 saturated heterocycles. The zero-order chi connectivity index (χ0) is 14.5. The molecule has 1 aliphatic rings. The summed E-state index contributed by atoms with van der Waals surface area (Å²) in [5.41, 5.74) is 7.09. The van der Waals surface area contributed by atoms with Gasteiger partial charge in [-0.05, 0) is 19.8 Å². The van der Waals surface area contributed by atoms with Crippen LogP contribution in [0.1, 0.15) is 36.3 Å². The molecule has 1 aliphatic carbocycles. The molecule has 0 aromatic carbocycles. The number of ether oxygens (including phenoxy) is 2. The van der Waals surface area contributed by atoms with Crippen molar-refractivity contribution in [2.45, 2.75) is 38.3 Å². The van der Waals surface area contributed by atoms with Crippen LogP contribution < -0.4 is 10.6 Å². The van der Waals surface area contributed by atoms with E-state index in [0.717, 1.165) is 11.7 Å².